The Labute approximate surface area is 77.3 Å². The lowest BCUT2D eigenvalue weighted by Crippen LogP contribution is -1.96. The minimum absolute atomic E-state index is 0.507. The number of halogens is 1. The molecule has 0 saturated carbocycles. The Bertz CT molecular complexity index is 247. The van der Waals surface area contributed by atoms with Crippen molar-refractivity contribution in [1.82, 2.24) is 9.78 Å². The van der Waals surface area contributed by atoms with E-state index in [1.165, 1.54) is 0 Å². The zero-order valence-corrected chi connectivity index (χ0v) is 8.14. The van der Waals surface area contributed by atoms with Crippen LogP contribution in [0.2, 0.25) is 5.02 Å². The van der Waals surface area contributed by atoms with Gasteiger partial charge in [0.2, 0.25) is 0 Å². The maximum absolute atomic E-state index is 5.86. The van der Waals surface area contributed by atoms with Crippen LogP contribution >= 0.6 is 11.6 Å². The Morgan fingerprint density at radius 2 is 2.42 bits per heavy atom. The average Bonchev–Trinajstić information content (AvgIpc) is 2.31. The van der Waals surface area contributed by atoms with Crippen LogP contribution in [0.4, 0.5) is 0 Å². The molecule has 0 aliphatic carbocycles. The molecule has 3 nitrogen and oxygen atoms in total. The molecule has 68 valence electrons. The van der Waals surface area contributed by atoms with E-state index in [1.54, 1.807) is 10.9 Å². The van der Waals surface area contributed by atoms with Crippen LogP contribution in [0.5, 0.6) is 0 Å². The lowest BCUT2D eigenvalue weighted by atomic mass is 10.4. The van der Waals surface area contributed by atoms with E-state index in [1.807, 2.05) is 7.05 Å². The predicted molar refractivity (Wildman–Crippen MR) is 48.2 cm³/mol. The van der Waals surface area contributed by atoms with Crippen LogP contribution < -0.4 is 0 Å². The third-order valence-electron chi connectivity index (χ3n) is 1.44. The van der Waals surface area contributed by atoms with Crippen molar-refractivity contribution in [2.45, 2.75) is 20.0 Å². The molecule has 1 rings (SSSR count). The zero-order chi connectivity index (χ0) is 8.97. The molecule has 0 aliphatic heterocycles. The van der Waals surface area contributed by atoms with Crippen LogP contribution in [-0.4, -0.2) is 16.4 Å². The van der Waals surface area contributed by atoms with Gasteiger partial charge in [0, 0.05) is 19.9 Å². The van der Waals surface area contributed by atoms with Gasteiger partial charge in [0.1, 0.15) is 5.69 Å². The molecular formula is C8H13ClN2O. The third kappa shape index (κ3) is 2.50. The quantitative estimate of drug-likeness (QED) is 0.676. The fourth-order valence-corrected chi connectivity index (χ4v) is 1.15. The fraction of sp³-hybridized carbons (Fsp3) is 0.625. The van der Waals surface area contributed by atoms with Crippen LogP contribution in [0.25, 0.3) is 0 Å². The van der Waals surface area contributed by atoms with Crippen LogP contribution in [0.3, 0.4) is 0 Å². The molecule has 0 bridgehead atoms. The molecule has 1 aromatic heterocycles. The minimum atomic E-state index is 0.507. The Morgan fingerprint density at radius 1 is 1.67 bits per heavy atom. The Hall–Kier alpha value is -0.540. The largest absolute Gasteiger partial charge is 0.375 e. The van der Waals surface area contributed by atoms with Gasteiger partial charge in [0.15, 0.2) is 0 Å². The molecule has 0 amide bonds. The predicted octanol–water partition coefficient (Wildman–Crippen LogP) is 2.00. The number of aromatic nitrogens is 2. The van der Waals surface area contributed by atoms with E-state index in [4.69, 9.17) is 16.3 Å². The van der Waals surface area contributed by atoms with Gasteiger partial charge in [0.25, 0.3) is 0 Å². The highest BCUT2D eigenvalue weighted by Crippen LogP contribution is 2.13. The van der Waals surface area contributed by atoms with Crippen molar-refractivity contribution in [3.63, 3.8) is 0 Å². The van der Waals surface area contributed by atoms with E-state index < -0.39 is 0 Å². The molecule has 0 aromatic carbocycles. The molecule has 0 saturated heterocycles. The lowest BCUT2D eigenvalue weighted by Gasteiger charge is -1.98. The second-order valence-electron chi connectivity index (χ2n) is 2.65. The molecule has 0 atom stereocenters. The van der Waals surface area contributed by atoms with E-state index in [9.17, 15) is 0 Å². The fourth-order valence-electron chi connectivity index (χ4n) is 0.917. The Balaban J connectivity index is 2.45. The summed E-state index contributed by atoms with van der Waals surface area (Å²) >= 11 is 5.86. The van der Waals surface area contributed by atoms with E-state index in [0.29, 0.717) is 11.6 Å². The molecule has 0 aliphatic rings. The summed E-state index contributed by atoms with van der Waals surface area (Å²) in [5.41, 5.74) is 0.813. The van der Waals surface area contributed by atoms with E-state index in [2.05, 4.69) is 12.0 Å². The van der Waals surface area contributed by atoms with Crippen molar-refractivity contribution in [1.29, 1.82) is 0 Å². The molecule has 4 heteroatoms. The van der Waals surface area contributed by atoms with Gasteiger partial charge in [-0.2, -0.15) is 5.10 Å². The van der Waals surface area contributed by atoms with Crippen molar-refractivity contribution < 1.29 is 4.74 Å². The van der Waals surface area contributed by atoms with Crippen molar-refractivity contribution in [3.05, 3.63) is 16.9 Å². The van der Waals surface area contributed by atoms with Gasteiger partial charge in [-0.3, -0.25) is 4.68 Å². The first kappa shape index (κ1) is 9.55. The summed E-state index contributed by atoms with van der Waals surface area (Å²) in [5, 5.41) is 4.82. The summed E-state index contributed by atoms with van der Waals surface area (Å²) in [6, 6.07) is 0. The van der Waals surface area contributed by atoms with E-state index in [0.717, 1.165) is 18.7 Å². The normalized spacial score (nSPS) is 10.6. The van der Waals surface area contributed by atoms with Crippen molar-refractivity contribution in [2.24, 2.45) is 7.05 Å². The van der Waals surface area contributed by atoms with Gasteiger partial charge in [-0.15, -0.1) is 0 Å². The number of ether oxygens (including phenoxy) is 1. The van der Waals surface area contributed by atoms with Crippen LogP contribution in [-0.2, 0) is 18.4 Å². The molecule has 0 N–H and O–H groups in total. The first-order chi connectivity index (χ1) is 5.74. The molecule has 1 aromatic rings. The maximum Gasteiger partial charge on any atom is 0.107 e. The number of hydrogen-bond acceptors (Lipinski definition) is 2. The second-order valence-corrected chi connectivity index (χ2v) is 3.06. The first-order valence-corrected chi connectivity index (χ1v) is 4.37. The van der Waals surface area contributed by atoms with Gasteiger partial charge in [-0.1, -0.05) is 18.5 Å². The summed E-state index contributed by atoms with van der Waals surface area (Å²) < 4.78 is 6.99. The summed E-state index contributed by atoms with van der Waals surface area (Å²) in [6.07, 6.45) is 2.79. The van der Waals surface area contributed by atoms with Crippen molar-refractivity contribution in [3.8, 4) is 0 Å². The first-order valence-electron chi connectivity index (χ1n) is 3.99. The van der Waals surface area contributed by atoms with Gasteiger partial charge >= 0.3 is 0 Å². The van der Waals surface area contributed by atoms with Crippen molar-refractivity contribution >= 4 is 11.6 Å². The molecule has 12 heavy (non-hydrogen) atoms. The van der Waals surface area contributed by atoms with Crippen LogP contribution in [0, 0.1) is 0 Å². The van der Waals surface area contributed by atoms with Gasteiger partial charge in [0.05, 0.1) is 11.6 Å². The molecule has 0 spiro atoms. The minimum Gasteiger partial charge on any atom is -0.375 e. The molecular weight excluding hydrogens is 176 g/mol. The Kier molecular flexibility index (Phi) is 3.56. The zero-order valence-electron chi connectivity index (χ0n) is 7.38. The highest BCUT2D eigenvalue weighted by atomic mass is 35.5. The van der Waals surface area contributed by atoms with Crippen molar-refractivity contribution in [2.75, 3.05) is 6.61 Å². The number of rotatable bonds is 4. The average molecular weight is 189 g/mol. The summed E-state index contributed by atoms with van der Waals surface area (Å²) in [6.45, 7) is 3.33. The summed E-state index contributed by atoms with van der Waals surface area (Å²) in [4.78, 5) is 0. The Morgan fingerprint density at radius 3 is 2.92 bits per heavy atom. The topological polar surface area (TPSA) is 27.1 Å². The molecule has 1 heterocycles. The standard InChI is InChI=1S/C8H13ClN2O/c1-3-4-12-6-8-7(9)5-11(2)10-8/h5H,3-4,6H2,1-2H3. The lowest BCUT2D eigenvalue weighted by molar-refractivity contribution is 0.118. The number of aryl methyl sites for hydroxylation is 1. The van der Waals surface area contributed by atoms with Gasteiger partial charge in [-0.25, -0.2) is 0 Å². The summed E-state index contributed by atoms with van der Waals surface area (Å²) in [5.74, 6) is 0. The second kappa shape index (κ2) is 4.48. The molecule has 0 fully saturated rings. The number of hydrogen-bond donors (Lipinski definition) is 0. The highest BCUT2D eigenvalue weighted by molar-refractivity contribution is 6.31. The van der Waals surface area contributed by atoms with Crippen LogP contribution in [0.1, 0.15) is 19.0 Å². The smallest absolute Gasteiger partial charge is 0.107 e. The number of nitrogens with zero attached hydrogens (tertiary/aromatic N) is 2. The SMILES string of the molecule is CCCOCc1nn(C)cc1Cl. The van der Waals surface area contributed by atoms with E-state index >= 15 is 0 Å². The van der Waals surface area contributed by atoms with Gasteiger partial charge in [-0.05, 0) is 6.42 Å². The molecule has 0 radical (unpaired) electrons. The van der Waals surface area contributed by atoms with Gasteiger partial charge < -0.3 is 4.74 Å². The summed E-state index contributed by atoms with van der Waals surface area (Å²) in [7, 11) is 1.84. The van der Waals surface area contributed by atoms with E-state index in [-0.39, 0.29) is 0 Å². The maximum atomic E-state index is 5.86. The highest BCUT2D eigenvalue weighted by Gasteiger charge is 2.03. The monoisotopic (exact) mass is 188 g/mol. The molecule has 0 unspecified atom stereocenters. The third-order valence-corrected chi connectivity index (χ3v) is 1.76. The van der Waals surface area contributed by atoms with Crippen LogP contribution in [0.15, 0.2) is 6.20 Å².